The Morgan fingerprint density at radius 3 is 2.26 bits per heavy atom. The molecule has 176 valence electrons. The smallest absolute Gasteiger partial charge is 0.261 e. The molecule has 1 aromatic heterocycles. The molecule has 2 N–H and O–H groups in total. The third-order valence-electron chi connectivity index (χ3n) is 5.55. The molecule has 0 bridgehead atoms. The van der Waals surface area contributed by atoms with Gasteiger partial charge in [0.2, 0.25) is 5.91 Å². The van der Waals surface area contributed by atoms with Crippen LogP contribution in [0.25, 0.3) is 0 Å². The van der Waals surface area contributed by atoms with Crippen LogP contribution in [0.5, 0.6) is 0 Å². The van der Waals surface area contributed by atoms with Gasteiger partial charge in [0.05, 0.1) is 11.4 Å². The number of amides is 3. The zero-order valence-corrected chi connectivity index (χ0v) is 19.3. The molecule has 3 amide bonds. The van der Waals surface area contributed by atoms with Gasteiger partial charge in [-0.25, -0.2) is 4.39 Å². The molecule has 0 saturated carbocycles. The number of halogens is 1. The van der Waals surface area contributed by atoms with Crippen molar-refractivity contribution in [3.63, 3.8) is 0 Å². The van der Waals surface area contributed by atoms with Gasteiger partial charge in [0.1, 0.15) is 5.82 Å². The van der Waals surface area contributed by atoms with Crippen LogP contribution in [-0.4, -0.2) is 60.2 Å². The predicted octanol–water partition coefficient (Wildman–Crippen LogP) is 3.21. The van der Waals surface area contributed by atoms with Gasteiger partial charge >= 0.3 is 0 Å². The highest BCUT2D eigenvalue weighted by Crippen LogP contribution is 2.13. The molecular formula is C25H25FN4O3S. The van der Waals surface area contributed by atoms with Crippen LogP contribution in [0.3, 0.4) is 0 Å². The average Bonchev–Trinajstić information content (AvgIpc) is 3.40. The molecule has 1 aliphatic heterocycles. The first-order valence-electron chi connectivity index (χ1n) is 11.0. The van der Waals surface area contributed by atoms with Gasteiger partial charge in [0, 0.05) is 44.0 Å². The van der Waals surface area contributed by atoms with Gasteiger partial charge in [0.25, 0.3) is 11.8 Å². The average molecular weight is 481 g/mol. The minimum Gasteiger partial charge on any atom is -0.347 e. The molecule has 1 fully saturated rings. The molecule has 0 unspecified atom stereocenters. The first kappa shape index (κ1) is 23.6. The Kier molecular flexibility index (Phi) is 7.66. The second-order valence-corrected chi connectivity index (χ2v) is 8.93. The van der Waals surface area contributed by atoms with Crippen molar-refractivity contribution < 1.29 is 18.8 Å². The predicted molar refractivity (Wildman–Crippen MR) is 129 cm³/mol. The fraction of sp³-hybridized carbons (Fsp3) is 0.240. The Labute approximate surface area is 201 Å². The van der Waals surface area contributed by atoms with Crippen LogP contribution in [0.1, 0.15) is 25.6 Å². The Morgan fingerprint density at radius 2 is 1.62 bits per heavy atom. The summed E-state index contributed by atoms with van der Waals surface area (Å²) in [6, 6.07) is 16.5. The van der Waals surface area contributed by atoms with Crippen molar-refractivity contribution in [1.29, 1.82) is 0 Å². The van der Waals surface area contributed by atoms with E-state index in [1.54, 1.807) is 23.1 Å². The Hall–Kier alpha value is -3.56. The fourth-order valence-electron chi connectivity index (χ4n) is 3.67. The lowest BCUT2D eigenvalue weighted by Crippen LogP contribution is -2.50. The molecule has 0 atom stereocenters. The standard InChI is InChI=1S/C25H25FN4O3S/c26-20-7-9-21(10-8-20)28-23(31)17-29-11-13-30(14-12-29)25(33)19-5-3-18(4-6-19)16-27-24(32)22-2-1-15-34-22/h1-10,15H,11-14,16-17H2,(H,27,32)(H,28,31). The van der Waals surface area contributed by atoms with E-state index in [1.807, 2.05) is 28.5 Å². The Bertz CT molecular complexity index is 1130. The normalized spacial score (nSPS) is 14.0. The maximum atomic E-state index is 13.0. The van der Waals surface area contributed by atoms with E-state index in [2.05, 4.69) is 10.6 Å². The Balaban J connectivity index is 1.21. The van der Waals surface area contributed by atoms with Crippen LogP contribution in [0.15, 0.2) is 66.0 Å². The summed E-state index contributed by atoms with van der Waals surface area (Å²) in [5.41, 5.74) is 2.06. The maximum absolute atomic E-state index is 13.0. The maximum Gasteiger partial charge on any atom is 0.261 e. The Morgan fingerprint density at radius 1 is 0.912 bits per heavy atom. The molecule has 1 aliphatic rings. The molecule has 0 spiro atoms. The van der Waals surface area contributed by atoms with E-state index in [0.29, 0.717) is 48.9 Å². The molecule has 3 aromatic rings. The van der Waals surface area contributed by atoms with Crippen molar-refractivity contribution in [2.45, 2.75) is 6.54 Å². The summed E-state index contributed by atoms with van der Waals surface area (Å²) in [7, 11) is 0. The van der Waals surface area contributed by atoms with Gasteiger partial charge < -0.3 is 15.5 Å². The van der Waals surface area contributed by atoms with Crippen molar-refractivity contribution in [2.24, 2.45) is 0 Å². The molecule has 2 aromatic carbocycles. The van der Waals surface area contributed by atoms with Gasteiger partial charge in [-0.2, -0.15) is 0 Å². The molecule has 0 radical (unpaired) electrons. The van der Waals surface area contributed by atoms with E-state index in [1.165, 1.54) is 35.6 Å². The molecule has 1 saturated heterocycles. The number of nitrogens with zero attached hydrogens (tertiary/aromatic N) is 2. The SMILES string of the molecule is O=C(CN1CCN(C(=O)c2ccc(CNC(=O)c3cccs3)cc2)CC1)Nc1ccc(F)cc1. The molecular weight excluding hydrogens is 455 g/mol. The van der Waals surface area contributed by atoms with Crippen LogP contribution >= 0.6 is 11.3 Å². The van der Waals surface area contributed by atoms with E-state index in [9.17, 15) is 18.8 Å². The second kappa shape index (κ2) is 11.0. The number of anilines is 1. The number of rotatable bonds is 7. The molecule has 2 heterocycles. The van der Waals surface area contributed by atoms with Crippen molar-refractivity contribution in [3.05, 3.63) is 87.9 Å². The minimum absolute atomic E-state index is 0.0513. The summed E-state index contributed by atoms with van der Waals surface area (Å²) in [6.45, 7) is 2.85. The summed E-state index contributed by atoms with van der Waals surface area (Å²) < 4.78 is 13.0. The summed E-state index contributed by atoms with van der Waals surface area (Å²) in [5.74, 6) is -0.688. The van der Waals surface area contributed by atoms with Gasteiger partial charge in [-0.15, -0.1) is 11.3 Å². The number of nitrogens with one attached hydrogen (secondary N) is 2. The van der Waals surface area contributed by atoms with Crippen molar-refractivity contribution in [1.82, 2.24) is 15.1 Å². The molecule has 9 heteroatoms. The number of benzene rings is 2. The largest absolute Gasteiger partial charge is 0.347 e. The molecule has 0 aliphatic carbocycles. The van der Waals surface area contributed by atoms with E-state index in [0.717, 1.165) is 5.56 Å². The van der Waals surface area contributed by atoms with Gasteiger partial charge in [-0.1, -0.05) is 18.2 Å². The monoisotopic (exact) mass is 480 g/mol. The van der Waals surface area contributed by atoms with Crippen LogP contribution in [0.2, 0.25) is 0 Å². The number of thiophene rings is 1. The van der Waals surface area contributed by atoms with Crippen molar-refractivity contribution >= 4 is 34.7 Å². The highest BCUT2D eigenvalue weighted by Gasteiger charge is 2.23. The third-order valence-corrected chi connectivity index (χ3v) is 6.42. The molecule has 34 heavy (non-hydrogen) atoms. The van der Waals surface area contributed by atoms with Gasteiger partial charge in [0.15, 0.2) is 0 Å². The third kappa shape index (κ3) is 6.27. The lowest BCUT2D eigenvalue weighted by molar-refractivity contribution is -0.117. The highest BCUT2D eigenvalue weighted by atomic mass is 32.1. The van der Waals surface area contributed by atoms with Crippen LogP contribution in [0, 0.1) is 5.82 Å². The van der Waals surface area contributed by atoms with Gasteiger partial charge in [-0.3, -0.25) is 19.3 Å². The summed E-state index contributed by atoms with van der Waals surface area (Å²) in [6.07, 6.45) is 0. The number of hydrogen-bond acceptors (Lipinski definition) is 5. The van der Waals surface area contributed by atoms with Crippen LogP contribution in [-0.2, 0) is 11.3 Å². The van der Waals surface area contributed by atoms with Crippen LogP contribution in [0.4, 0.5) is 10.1 Å². The first-order chi connectivity index (χ1) is 16.5. The summed E-state index contributed by atoms with van der Waals surface area (Å²) in [5, 5.41) is 7.48. The number of carbonyl (C=O) groups excluding carboxylic acids is 3. The summed E-state index contributed by atoms with van der Waals surface area (Å²) in [4.78, 5) is 41.6. The zero-order valence-electron chi connectivity index (χ0n) is 18.5. The second-order valence-electron chi connectivity index (χ2n) is 7.98. The zero-order chi connectivity index (χ0) is 23.9. The fourth-order valence-corrected chi connectivity index (χ4v) is 4.31. The lowest BCUT2D eigenvalue weighted by atomic mass is 10.1. The first-order valence-corrected chi connectivity index (χ1v) is 11.8. The quantitative estimate of drug-likeness (QED) is 0.544. The topological polar surface area (TPSA) is 81.8 Å². The summed E-state index contributed by atoms with van der Waals surface area (Å²) >= 11 is 1.39. The van der Waals surface area contributed by atoms with Gasteiger partial charge in [-0.05, 0) is 53.4 Å². The number of carbonyl (C=O) groups is 3. The minimum atomic E-state index is -0.352. The van der Waals surface area contributed by atoms with E-state index >= 15 is 0 Å². The van der Waals surface area contributed by atoms with Crippen molar-refractivity contribution in [3.8, 4) is 0 Å². The van der Waals surface area contributed by atoms with E-state index in [-0.39, 0.29) is 30.1 Å². The van der Waals surface area contributed by atoms with Crippen LogP contribution < -0.4 is 10.6 Å². The number of hydrogen-bond donors (Lipinski definition) is 2. The van der Waals surface area contributed by atoms with E-state index in [4.69, 9.17) is 0 Å². The highest BCUT2D eigenvalue weighted by molar-refractivity contribution is 7.12. The lowest BCUT2D eigenvalue weighted by Gasteiger charge is -2.34. The molecule has 4 rings (SSSR count). The molecule has 7 nitrogen and oxygen atoms in total. The van der Waals surface area contributed by atoms with Crippen molar-refractivity contribution in [2.75, 3.05) is 38.0 Å². The number of piperazine rings is 1. The van der Waals surface area contributed by atoms with E-state index < -0.39 is 0 Å².